The highest BCUT2D eigenvalue weighted by molar-refractivity contribution is 5.77. The maximum absolute atomic E-state index is 10.6. The molecule has 2 aromatic rings. The molecule has 0 saturated carbocycles. The van der Waals surface area contributed by atoms with E-state index < -0.39 is 4.92 Å². The first-order chi connectivity index (χ1) is 9.06. The number of nitro groups is 1. The first-order valence-corrected chi connectivity index (χ1v) is 5.62. The minimum absolute atomic E-state index is 0.0599. The summed E-state index contributed by atoms with van der Waals surface area (Å²) in [4.78, 5) is 10.1. The first-order valence-electron chi connectivity index (χ1n) is 5.62. The average molecular weight is 259 g/mol. The predicted octanol–water partition coefficient (Wildman–Crippen LogP) is 2.75. The molecule has 0 saturated heterocycles. The summed E-state index contributed by atoms with van der Waals surface area (Å²) in [7, 11) is 3.63. The van der Waals surface area contributed by atoms with Crippen LogP contribution in [-0.2, 0) is 0 Å². The van der Waals surface area contributed by atoms with Gasteiger partial charge >= 0.3 is 0 Å². The zero-order chi connectivity index (χ0) is 13.8. The number of hydrazone groups is 1. The third kappa shape index (κ3) is 3.19. The van der Waals surface area contributed by atoms with Gasteiger partial charge in [0.25, 0.3) is 5.69 Å². The van der Waals surface area contributed by atoms with Crippen LogP contribution in [0.3, 0.4) is 0 Å². The fourth-order valence-electron chi connectivity index (χ4n) is 1.50. The Morgan fingerprint density at radius 1 is 1.21 bits per heavy atom. The summed E-state index contributed by atoms with van der Waals surface area (Å²) in [6, 6.07) is 9.81. The van der Waals surface area contributed by atoms with Crippen LogP contribution in [0.5, 0.6) is 0 Å². The van der Waals surface area contributed by atoms with Crippen LogP contribution in [-0.4, -0.2) is 30.2 Å². The van der Waals surface area contributed by atoms with E-state index in [0.29, 0.717) is 11.5 Å². The Bertz CT molecular complexity index is 600. The highest BCUT2D eigenvalue weighted by Gasteiger charge is 2.07. The zero-order valence-corrected chi connectivity index (χ0v) is 10.6. The number of nitro benzene ring substituents is 1. The number of hydrogen-bond donors (Lipinski definition) is 0. The lowest BCUT2D eigenvalue weighted by atomic mass is 10.1. The van der Waals surface area contributed by atoms with Crippen molar-refractivity contribution in [3.8, 4) is 11.3 Å². The number of benzene rings is 1. The summed E-state index contributed by atoms with van der Waals surface area (Å²) in [5, 5.41) is 16.3. The Morgan fingerprint density at radius 3 is 2.47 bits per heavy atom. The molecule has 0 spiro atoms. The average Bonchev–Trinajstić information content (AvgIpc) is 2.85. The molecular weight excluding hydrogens is 246 g/mol. The largest absolute Gasteiger partial charge is 0.455 e. The van der Waals surface area contributed by atoms with Gasteiger partial charge in [-0.1, -0.05) is 0 Å². The number of non-ortho nitro benzene ring substituents is 1. The second-order valence-corrected chi connectivity index (χ2v) is 4.10. The molecule has 0 atom stereocenters. The van der Waals surface area contributed by atoms with Crippen molar-refractivity contribution >= 4 is 11.9 Å². The van der Waals surface area contributed by atoms with E-state index in [-0.39, 0.29) is 5.69 Å². The maximum Gasteiger partial charge on any atom is 0.269 e. The molecule has 2 rings (SSSR count). The molecule has 19 heavy (non-hydrogen) atoms. The molecule has 6 nitrogen and oxygen atoms in total. The van der Waals surface area contributed by atoms with Gasteiger partial charge in [-0.3, -0.25) is 10.1 Å². The van der Waals surface area contributed by atoms with Crippen LogP contribution in [0.4, 0.5) is 5.69 Å². The van der Waals surface area contributed by atoms with Crippen molar-refractivity contribution in [2.45, 2.75) is 0 Å². The highest BCUT2D eigenvalue weighted by atomic mass is 16.6. The summed E-state index contributed by atoms with van der Waals surface area (Å²) < 4.78 is 5.57. The first kappa shape index (κ1) is 12.8. The van der Waals surface area contributed by atoms with Gasteiger partial charge in [0.2, 0.25) is 0 Å². The van der Waals surface area contributed by atoms with E-state index in [1.807, 2.05) is 14.1 Å². The lowest BCUT2D eigenvalue weighted by molar-refractivity contribution is -0.384. The number of rotatable bonds is 4. The standard InChI is InChI=1S/C13H13N3O3/c1-15(2)14-9-12-7-8-13(19-12)10-3-5-11(6-4-10)16(17)18/h3-9H,1-2H3. The Morgan fingerprint density at radius 2 is 1.89 bits per heavy atom. The summed E-state index contributed by atoms with van der Waals surface area (Å²) >= 11 is 0. The fraction of sp³-hybridized carbons (Fsp3) is 0.154. The van der Waals surface area contributed by atoms with Crippen molar-refractivity contribution in [2.24, 2.45) is 5.10 Å². The van der Waals surface area contributed by atoms with E-state index in [2.05, 4.69) is 5.10 Å². The summed E-state index contributed by atoms with van der Waals surface area (Å²) in [6.07, 6.45) is 1.61. The molecule has 0 aliphatic carbocycles. The van der Waals surface area contributed by atoms with Gasteiger partial charge in [0.1, 0.15) is 11.5 Å². The van der Waals surface area contributed by atoms with Gasteiger partial charge in [-0.25, -0.2) is 0 Å². The smallest absolute Gasteiger partial charge is 0.269 e. The molecule has 1 heterocycles. The fourth-order valence-corrected chi connectivity index (χ4v) is 1.50. The summed E-state index contributed by atoms with van der Waals surface area (Å²) in [5.41, 5.74) is 0.847. The van der Waals surface area contributed by atoms with Crippen molar-refractivity contribution in [3.63, 3.8) is 0 Å². The van der Waals surface area contributed by atoms with Crippen molar-refractivity contribution in [2.75, 3.05) is 14.1 Å². The molecule has 1 aromatic carbocycles. The van der Waals surface area contributed by atoms with Gasteiger partial charge in [-0.2, -0.15) is 5.10 Å². The van der Waals surface area contributed by atoms with Gasteiger partial charge < -0.3 is 9.43 Å². The van der Waals surface area contributed by atoms with Crippen LogP contribution < -0.4 is 0 Å². The van der Waals surface area contributed by atoms with Crippen LogP contribution in [0.25, 0.3) is 11.3 Å². The SMILES string of the molecule is CN(C)N=Cc1ccc(-c2ccc([N+](=O)[O-])cc2)o1. The number of nitrogens with zero attached hydrogens (tertiary/aromatic N) is 3. The van der Waals surface area contributed by atoms with E-state index in [1.165, 1.54) is 12.1 Å². The molecule has 6 heteroatoms. The van der Waals surface area contributed by atoms with E-state index in [4.69, 9.17) is 4.42 Å². The maximum atomic E-state index is 10.6. The lowest BCUT2D eigenvalue weighted by Gasteiger charge is -2.00. The second kappa shape index (κ2) is 5.34. The minimum atomic E-state index is -0.429. The van der Waals surface area contributed by atoms with Crippen molar-refractivity contribution < 1.29 is 9.34 Å². The zero-order valence-electron chi connectivity index (χ0n) is 10.6. The van der Waals surface area contributed by atoms with Crippen LogP contribution >= 0.6 is 0 Å². The van der Waals surface area contributed by atoms with Crippen molar-refractivity contribution in [1.29, 1.82) is 0 Å². The topological polar surface area (TPSA) is 71.9 Å². The second-order valence-electron chi connectivity index (χ2n) is 4.10. The molecule has 0 radical (unpaired) electrons. The van der Waals surface area contributed by atoms with E-state index in [1.54, 1.807) is 35.5 Å². The van der Waals surface area contributed by atoms with Gasteiger partial charge in [-0.15, -0.1) is 0 Å². The van der Waals surface area contributed by atoms with Crippen LogP contribution in [0.2, 0.25) is 0 Å². The van der Waals surface area contributed by atoms with E-state index in [0.717, 1.165) is 5.56 Å². The monoisotopic (exact) mass is 259 g/mol. The molecule has 0 N–H and O–H groups in total. The van der Waals surface area contributed by atoms with Gasteiger partial charge in [0.05, 0.1) is 11.1 Å². The molecule has 0 fully saturated rings. The van der Waals surface area contributed by atoms with E-state index in [9.17, 15) is 10.1 Å². The molecule has 0 bridgehead atoms. The highest BCUT2D eigenvalue weighted by Crippen LogP contribution is 2.23. The minimum Gasteiger partial charge on any atom is -0.455 e. The molecule has 0 amide bonds. The third-order valence-electron chi connectivity index (χ3n) is 2.41. The molecule has 1 aromatic heterocycles. The molecule has 0 aliphatic heterocycles. The molecule has 0 unspecified atom stereocenters. The molecular formula is C13H13N3O3. The summed E-state index contributed by atoms with van der Waals surface area (Å²) in [6.45, 7) is 0. The Kier molecular flexibility index (Phi) is 3.61. The van der Waals surface area contributed by atoms with Crippen LogP contribution in [0.15, 0.2) is 45.9 Å². The van der Waals surface area contributed by atoms with Crippen LogP contribution in [0.1, 0.15) is 5.76 Å². The van der Waals surface area contributed by atoms with Crippen molar-refractivity contribution in [3.05, 3.63) is 52.3 Å². The predicted molar refractivity (Wildman–Crippen MR) is 72.1 cm³/mol. The summed E-state index contributed by atoms with van der Waals surface area (Å²) in [5.74, 6) is 1.28. The Balaban J connectivity index is 2.20. The van der Waals surface area contributed by atoms with E-state index >= 15 is 0 Å². The number of hydrogen-bond acceptors (Lipinski definition) is 5. The Labute approximate surface area is 110 Å². The Hall–Kier alpha value is -2.63. The van der Waals surface area contributed by atoms with Crippen molar-refractivity contribution in [1.82, 2.24) is 5.01 Å². The van der Waals surface area contributed by atoms with Gasteiger partial charge in [0.15, 0.2) is 0 Å². The quantitative estimate of drug-likeness (QED) is 0.481. The number of furan rings is 1. The van der Waals surface area contributed by atoms with Gasteiger partial charge in [0, 0.05) is 31.8 Å². The lowest BCUT2D eigenvalue weighted by Crippen LogP contribution is -2.01. The molecule has 0 aliphatic rings. The normalized spacial score (nSPS) is 10.8. The van der Waals surface area contributed by atoms with Crippen LogP contribution in [0, 0.1) is 10.1 Å². The molecule has 98 valence electrons. The van der Waals surface area contributed by atoms with Gasteiger partial charge in [-0.05, 0) is 24.3 Å². The third-order valence-corrected chi connectivity index (χ3v) is 2.41.